The minimum absolute atomic E-state index is 0.595. The summed E-state index contributed by atoms with van der Waals surface area (Å²) in [4.78, 5) is 0. The molecule has 0 atom stereocenters. The van der Waals surface area contributed by atoms with Crippen molar-refractivity contribution in [3.8, 4) is 5.75 Å². The molecular weight excluding hydrogens is 269 g/mol. The van der Waals surface area contributed by atoms with Crippen LogP contribution in [0.5, 0.6) is 5.75 Å². The third-order valence-corrected chi connectivity index (χ3v) is 3.35. The number of aryl methyl sites for hydroxylation is 1. The summed E-state index contributed by atoms with van der Waals surface area (Å²) in [7, 11) is 0. The highest BCUT2D eigenvalue weighted by molar-refractivity contribution is 6.34. The van der Waals surface area contributed by atoms with E-state index in [0.717, 1.165) is 42.9 Å². The van der Waals surface area contributed by atoms with Gasteiger partial charge in [0, 0.05) is 11.1 Å². The molecular formula is C14H21Cl2NO. The third kappa shape index (κ3) is 5.05. The molecule has 0 spiro atoms. The molecule has 0 unspecified atom stereocenters. The molecule has 2 nitrogen and oxygen atoms in total. The zero-order valence-corrected chi connectivity index (χ0v) is 12.6. The highest BCUT2D eigenvalue weighted by atomic mass is 35.5. The Morgan fingerprint density at radius 1 is 1.11 bits per heavy atom. The van der Waals surface area contributed by atoms with Gasteiger partial charge < -0.3 is 10.1 Å². The average Bonchev–Trinajstić information content (AvgIpc) is 2.35. The van der Waals surface area contributed by atoms with Crippen LogP contribution in [0.2, 0.25) is 10.0 Å². The fourth-order valence-corrected chi connectivity index (χ4v) is 2.26. The Bertz CT molecular complexity index is 369. The van der Waals surface area contributed by atoms with Gasteiger partial charge in [0.05, 0.1) is 11.6 Å². The fraction of sp³-hybridized carbons (Fsp3) is 0.571. The van der Waals surface area contributed by atoms with Gasteiger partial charge in [-0.2, -0.15) is 0 Å². The molecule has 0 saturated heterocycles. The number of benzene rings is 1. The monoisotopic (exact) mass is 289 g/mol. The lowest BCUT2D eigenvalue weighted by molar-refractivity contribution is 0.340. The van der Waals surface area contributed by atoms with Gasteiger partial charge in [0.1, 0.15) is 5.75 Å². The van der Waals surface area contributed by atoms with Crippen LogP contribution in [0.1, 0.15) is 32.3 Å². The molecule has 18 heavy (non-hydrogen) atoms. The van der Waals surface area contributed by atoms with Gasteiger partial charge >= 0.3 is 0 Å². The van der Waals surface area contributed by atoms with E-state index in [1.165, 1.54) is 0 Å². The molecule has 1 N–H and O–H groups in total. The number of unbranched alkanes of at least 4 members (excludes halogenated alkanes) is 1. The summed E-state index contributed by atoms with van der Waals surface area (Å²) in [6, 6.07) is 3.73. The molecule has 0 aliphatic rings. The number of hydrogen-bond acceptors (Lipinski definition) is 2. The standard InChI is InChI=1S/C14H21Cl2NO/c1-3-17-8-6-5-7-11-9-13(16)14(18-4-2)10-12(11)15/h9-10,17H,3-8H2,1-2H3. The second-order valence-corrected chi connectivity index (χ2v) is 4.93. The number of nitrogens with one attached hydrogen (secondary N) is 1. The summed E-state index contributed by atoms with van der Waals surface area (Å²) in [5, 5.41) is 4.69. The van der Waals surface area contributed by atoms with Crippen molar-refractivity contribution in [2.75, 3.05) is 19.7 Å². The van der Waals surface area contributed by atoms with Crippen LogP contribution in [-0.4, -0.2) is 19.7 Å². The highest BCUT2D eigenvalue weighted by Gasteiger charge is 2.08. The van der Waals surface area contributed by atoms with E-state index < -0.39 is 0 Å². The topological polar surface area (TPSA) is 21.3 Å². The van der Waals surface area contributed by atoms with E-state index in [2.05, 4.69) is 12.2 Å². The fourth-order valence-electron chi connectivity index (χ4n) is 1.77. The predicted octanol–water partition coefficient (Wildman–Crippen LogP) is 4.32. The lowest BCUT2D eigenvalue weighted by Crippen LogP contribution is -2.13. The third-order valence-electron chi connectivity index (χ3n) is 2.70. The highest BCUT2D eigenvalue weighted by Crippen LogP contribution is 2.31. The van der Waals surface area contributed by atoms with Gasteiger partial charge in [-0.3, -0.25) is 0 Å². The van der Waals surface area contributed by atoms with Gasteiger partial charge in [-0.1, -0.05) is 30.1 Å². The Morgan fingerprint density at radius 3 is 2.56 bits per heavy atom. The second kappa shape index (κ2) is 8.63. The van der Waals surface area contributed by atoms with E-state index in [0.29, 0.717) is 17.4 Å². The maximum atomic E-state index is 6.22. The Hall–Kier alpha value is -0.440. The molecule has 102 valence electrons. The SMILES string of the molecule is CCNCCCCc1cc(Cl)c(OCC)cc1Cl. The molecule has 0 aliphatic heterocycles. The molecule has 0 heterocycles. The molecule has 0 aromatic heterocycles. The number of halogens is 2. The van der Waals surface area contributed by atoms with Crippen molar-refractivity contribution in [1.82, 2.24) is 5.32 Å². The van der Waals surface area contributed by atoms with Crippen LogP contribution in [-0.2, 0) is 6.42 Å². The zero-order chi connectivity index (χ0) is 13.4. The summed E-state index contributed by atoms with van der Waals surface area (Å²) in [5.74, 6) is 0.667. The Labute approximate surface area is 120 Å². The van der Waals surface area contributed by atoms with E-state index in [4.69, 9.17) is 27.9 Å². The van der Waals surface area contributed by atoms with Gasteiger partial charge in [0.15, 0.2) is 0 Å². The summed E-state index contributed by atoms with van der Waals surface area (Å²) in [6.45, 7) is 6.72. The van der Waals surface area contributed by atoms with Crippen LogP contribution in [0.15, 0.2) is 12.1 Å². The number of hydrogen-bond donors (Lipinski definition) is 1. The molecule has 0 saturated carbocycles. The Kier molecular flexibility index (Phi) is 7.48. The van der Waals surface area contributed by atoms with Gasteiger partial charge in [-0.15, -0.1) is 0 Å². The Balaban J connectivity index is 2.53. The predicted molar refractivity (Wildman–Crippen MR) is 79.1 cm³/mol. The van der Waals surface area contributed by atoms with E-state index in [1.807, 2.05) is 19.1 Å². The Morgan fingerprint density at radius 2 is 1.89 bits per heavy atom. The molecule has 1 aromatic rings. The summed E-state index contributed by atoms with van der Waals surface area (Å²) in [5.41, 5.74) is 1.10. The molecule has 0 radical (unpaired) electrons. The first kappa shape index (κ1) is 15.6. The molecule has 1 aromatic carbocycles. The molecule has 0 bridgehead atoms. The first-order valence-electron chi connectivity index (χ1n) is 6.50. The van der Waals surface area contributed by atoms with Crippen molar-refractivity contribution in [2.45, 2.75) is 33.1 Å². The average molecular weight is 290 g/mol. The van der Waals surface area contributed by atoms with Crippen molar-refractivity contribution in [3.63, 3.8) is 0 Å². The molecule has 0 amide bonds. The molecule has 0 aliphatic carbocycles. The quantitative estimate of drug-likeness (QED) is 0.720. The maximum absolute atomic E-state index is 6.22. The van der Waals surface area contributed by atoms with Crippen LogP contribution in [0.25, 0.3) is 0 Å². The summed E-state index contributed by atoms with van der Waals surface area (Å²) < 4.78 is 5.40. The van der Waals surface area contributed by atoms with Crippen molar-refractivity contribution in [2.24, 2.45) is 0 Å². The summed E-state index contributed by atoms with van der Waals surface area (Å²) >= 11 is 12.4. The van der Waals surface area contributed by atoms with E-state index in [9.17, 15) is 0 Å². The van der Waals surface area contributed by atoms with Crippen LogP contribution >= 0.6 is 23.2 Å². The first-order valence-corrected chi connectivity index (χ1v) is 7.26. The smallest absolute Gasteiger partial charge is 0.139 e. The van der Waals surface area contributed by atoms with Gasteiger partial charge in [0.2, 0.25) is 0 Å². The zero-order valence-electron chi connectivity index (χ0n) is 11.1. The van der Waals surface area contributed by atoms with Gasteiger partial charge in [-0.05, 0) is 50.9 Å². The van der Waals surface area contributed by atoms with Crippen molar-refractivity contribution < 1.29 is 4.74 Å². The van der Waals surface area contributed by atoms with Crippen LogP contribution < -0.4 is 10.1 Å². The molecule has 4 heteroatoms. The van der Waals surface area contributed by atoms with Gasteiger partial charge in [-0.25, -0.2) is 0 Å². The van der Waals surface area contributed by atoms with Crippen molar-refractivity contribution >= 4 is 23.2 Å². The van der Waals surface area contributed by atoms with Crippen LogP contribution in [0, 0.1) is 0 Å². The normalized spacial score (nSPS) is 10.7. The number of rotatable bonds is 8. The lowest BCUT2D eigenvalue weighted by atomic mass is 10.1. The summed E-state index contributed by atoms with van der Waals surface area (Å²) in [6.07, 6.45) is 3.21. The minimum atomic E-state index is 0.595. The van der Waals surface area contributed by atoms with E-state index in [1.54, 1.807) is 0 Å². The van der Waals surface area contributed by atoms with Crippen LogP contribution in [0.3, 0.4) is 0 Å². The molecule has 1 rings (SSSR count). The maximum Gasteiger partial charge on any atom is 0.139 e. The van der Waals surface area contributed by atoms with Crippen LogP contribution in [0.4, 0.5) is 0 Å². The van der Waals surface area contributed by atoms with Crippen molar-refractivity contribution in [1.29, 1.82) is 0 Å². The van der Waals surface area contributed by atoms with Gasteiger partial charge in [0.25, 0.3) is 0 Å². The minimum Gasteiger partial charge on any atom is -0.492 e. The second-order valence-electron chi connectivity index (χ2n) is 4.12. The van der Waals surface area contributed by atoms with Crippen molar-refractivity contribution in [3.05, 3.63) is 27.7 Å². The first-order chi connectivity index (χ1) is 8.69. The lowest BCUT2D eigenvalue weighted by Gasteiger charge is -2.10. The number of ether oxygens (including phenoxy) is 1. The molecule has 0 fully saturated rings. The van der Waals surface area contributed by atoms with E-state index >= 15 is 0 Å². The van der Waals surface area contributed by atoms with E-state index in [-0.39, 0.29) is 0 Å². The largest absolute Gasteiger partial charge is 0.492 e.